The number of hydrogen-bond acceptors (Lipinski definition) is 6. The number of pyridine rings is 1. The Labute approximate surface area is 175 Å². The standard InChI is InChI=1S/C22H17FN4O2S/c23-14-7-5-13(6-8-14)21-26-19(29-27-21)12-30-20-11-17(22(28)24-15-9-10-15)16-3-1-2-4-18(16)25-20/h1-8,11,15H,9-10,12H2,(H,24,28). The lowest BCUT2D eigenvalue weighted by atomic mass is 10.1. The number of hydrogen-bond donors (Lipinski definition) is 1. The van der Waals surface area contributed by atoms with Gasteiger partial charge in [-0.05, 0) is 49.2 Å². The molecule has 0 atom stereocenters. The first-order valence-electron chi connectivity index (χ1n) is 9.58. The SMILES string of the molecule is O=C(NC1CC1)c1cc(SCc2nc(-c3ccc(F)cc3)no2)nc2ccccc12. The van der Waals surface area contributed by atoms with E-state index in [1.165, 1.54) is 23.9 Å². The lowest BCUT2D eigenvalue weighted by Crippen LogP contribution is -2.25. The molecule has 1 N–H and O–H groups in total. The van der Waals surface area contributed by atoms with E-state index in [1.807, 2.05) is 30.3 Å². The Balaban J connectivity index is 1.36. The number of para-hydroxylation sites is 1. The second kappa shape index (κ2) is 7.87. The lowest BCUT2D eigenvalue weighted by molar-refractivity contribution is 0.0952. The third kappa shape index (κ3) is 4.04. The molecule has 5 rings (SSSR count). The largest absolute Gasteiger partial charge is 0.349 e. The molecule has 0 saturated heterocycles. The Morgan fingerprint density at radius 2 is 1.93 bits per heavy atom. The van der Waals surface area contributed by atoms with Gasteiger partial charge in [0.1, 0.15) is 5.82 Å². The van der Waals surface area contributed by atoms with Gasteiger partial charge in [0.25, 0.3) is 5.91 Å². The van der Waals surface area contributed by atoms with Crippen LogP contribution in [0.5, 0.6) is 0 Å². The van der Waals surface area contributed by atoms with Gasteiger partial charge in [-0.15, -0.1) is 0 Å². The number of carbonyl (C=O) groups is 1. The van der Waals surface area contributed by atoms with E-state index in [9.17, 15) is 9.18 Å². The Morgan fingerprint density at radius 1 is 1.13 bits per heavy atom. The number of fused-ring (bicyclic) bond motifs is 1. The minimum absolute atomic E-state index is 0.0747. The van der Waals surface area contributed by atoms with Gasteiger partial charge in [0.2, 0.25) is 11.7 Å². The summed E-state index contributed by atoms with van der Waals surface area (Å²) in [5, 5.41) is 8.54. The van der Waals surface area contributed by atoms with Crippen LogP contribution in [0.25, 0.3) is 22.3 Å². The van der Waals surface area contributed by atoms with Gasteiger partial charge in [0, 0.05) is 17.0 Å². The fraction of sp³-hybridized carbons (Fsp3) is 0.182. The topological polar surface area (TPSA) is 80.9 Å². The van der Waals surface area contributed by atoms with Crippen LogP contribution in [0, 0.1) is 5.82 Å². The van der Waals surface area contributed by atoms with Crippen molar-refractivity contribution in [3.05, 3.63) is 71.9 Å². The number of amides is 1. The third-order valence-electron chi connectivity index (χ3n) is 4.76. The van der Waals surface area contributed by atoms with E-state index in [0.29, 0.717) is 33.6 Å². The van der Waals surface area contributed by atoms with Gasteiger partial charge in [0.05, 0.1) is 21.9 Å². The third-order valence-corrected chi connectivity index (χ3v) is 5.66. The first-order chi connectivity index (χ1) is 14.7. The summed E-state index contributed by atoms with van der Waals surface area (Å²) in [6.07, 6.45) is 2.06. The Bertz CT molecular complexity index is 1220. The van der Waals surface area contributed by atoms with Crippen LogP contribution in [0.1, 0.15) is 29.1 Å². The molecule has 4 aromatic rings. The highest BCUT2D eigenvalue weighted by atomic mass is 32.2. The highest BCUT2D eigenvalue weighted by Gasteiger charge is 2.25. The zero-order valence-corrected chi connectivity index (χ0v) is 16.7. The summed E-state index contributed by atoms with van der Waals surface area (Å²) in [4.78, 5) is 21.7. The molecule has 1 fully saturated rings. The quantitative estimate of drug-likeness (QED) is 0.459. The molecule has 8 heteroatoms. The number of thioether (sulfide) groups is 1. The van der Waals surface area contributed by atoms with E-state index < -0.39 is 0 Å². The molecule has 6 nitrogen and oxygen atoms in total. The molecular formula is C22H17FN4O2S. The predicted octanol–water partition coefficient (Wildman–Crippen LogP) is 4.61. The van der Waals surface area contributed by atoms with E-state index in [4.69, 9.17) is 4.52 Å². The number of benzene rings is 2. The Morgan fingerprint density at radius 3 is 2.73 bits per heavy atom. The molecule has 1 amide bonds. The maximum absolute atomic E-state index is 13.1. The summed E-state index contributed by atoms with van der Waals surface area (Å²) in [5.41, 5.74) is 2.06. The smallest absolute Gasteiger partial charge is 0.252 e. The molecule has 0 bridgehead atoms. The van der Waals surface area contributed by atoms with Gasteiger partial charge in [-0.25, -0.2) is 9.37 Å². The molecule has 0 aliphatic heterocycles. The van der Waals surface area contributed by atoms with Crippen LogP contribution in [-0.4, -0.2) is 27.1 Å². The highest BCUT2D eigenvalue weighted by Crippen LogP contribution is 2.28. The number of rotatable bonds is 6. The summed E-state index contributed by atoms with van der Waals surface area (Å²) in [7, 11) is 0. The van der Waals surface area contributed by atoms with Crippen LogP contribution < -0.4 is 5.32 Å². The predicted molar refractivity (Wildman–Crippen MR) is 111 cm³/mol. The van der Waals surface area contributed by atoms with E-state index in [1.54, 1.807) is 12.1 Å². The van der Waals surface area contributed by atoms with Crippen LogP contribution in [0.3, 0.4) is 0 Å². The molecule has 2 aromatic carbocycles. The van der Waals surface area contributed by atoms with Gasteiger partial charge in [0.15, 0.2) is 0 Å². The number of carbonyl (C=O) groups excluding carboxylic acids is 1. The Hall–Kier alpha value is -3.26. The number of halogens is 1. The summed E-state index contributed by atoms with van der Waals surface area (Å²) < 4.78 is 18.4. The average Bonchev–Trinajstić information content (AvgIpc) is 3.45. The molecule has 30 heavy (non-hydrogen) atoms. The van der Waals surface area contributed by atoms with E-state index in [-0.39, 0.29) is 17.8 Å². The lowest BCUT2D eigenvalue weighted by Gasteiger charge is -2.09. The van der Waals surface area contributed by atoms with E-state index in [2.05, 4.69) is 20.4 Å². The maximum Gasteiger partial charge on any atom is 0.252 e. The fourth-order valence-electron chi connectivity index (χ4n) is 3.07. The van der Waals surface area contributed by atoms with Gasteiger partial charge in [-0.1, -0.05) is 35.1 Å². The summed E-state index contributed by atoms with van der Waals surface area (Å²) >= 11 is 1.42. The molecule has 0 radical (unpaired) electrons. The second-order valence-corrected chi connectivity index (χ2v) is 8.08. The van der Waals surface area contributed by atoms with Crippen LogP contribution in [0.2, 0.25) is 0 Å². The summed E-state index contributed by atoms with van der Waals surface area (Å²) in [6.45, 7) is 0. The van der Waals surface area contributed by atoms with Crippen molar-refractivity contribution in [3.63, 3.8) is 0 Å². The van der Waals surface area contributed by atoms with Crippen molar-refractivity contribution in [2.45, 2.75) is 29.7 Å². The molecule has 150 valence electrons. The minimum Gasteiger partial charge on any atom is -0.349 e. The molecule has 2 heterocycles. The molecule has 1 aliphatic rings. The van der Waals surface area contributed by atoms with Crippen molar-refractivity contribution >= 4 is 28.6 Å². The van der Waals surface area contributed by atoms with E-state index >= 15 is 0 Å². The molecular weight excluding hydrogens is 403 g/mol. The fourth-order valence-corrected chi connectivity index (χ4v) is 3.82. The average molecular weight is 420 g/mol. The van der Waals surface area contributed by atoms with Gasteiger partial charge in [-0.2, -0.15) is 4.98 Å². The molecule has 1 aliphatic carbocycles. The van der Waals surface area contributed by atoms with Crippen LogP contribution in [-0.2, 0) is 5.75 Å². The van der Waals surface area contributed by atoms with Crippen LogP contribution in [0.15, 0.2) is 64.1 Å². The zero-order chi connectivity index (χ0) is 20.5. The van der Waals surface area contributed by atoms with Crippen molar-refractivity contribution in [2.75, 3.05) is 0 Å². The molecule has 1 saturated carbocycles. The molecule has 2 aromatic heterocycles. The first kappa shape index (κ1) is 18.7. The van der Waals surface area contributed by atoms with Gasteiger partial charge in [-0.3, -0.25) is 4.79 Å². The second-order valence-electron chi connectivity index (χ2n) is 7.08. The van der Waals surface area contributed by atoms with Gasteiger partial charge >= 0.3 is 0 Å². The highest BCUT2D eigenvalue weighted by molar-refractivity contribution is 7.98. The monoisotopic (exact) mass is 420 g/mol. The minimum atomic E-state index is -0.318. The van der Waals surface area contributed by atoms with Crippen molar-refractivity contribution in [1.82, 2.24) is 20.4 Å². The maximum atomic E-state index is 13.1. The summed E-state index contributed by atoms with van der Waals surface area (Å²) in [6, 6.07) is 15.6. The number of nitrogens with one attached hydrogen (secondary N) is 1. The van der Waals surface area contributed by atoms with Crippen LogP contribution >= 0.6 is 11.8 Å². The van der Waals surface area contributed by atoms with Crippen LogP contribution in [0.4, 0.5) is 4.39 Å². The Kier molecular flexibility index (Phi) is 4.92. The van der Waals surface area contributed by atoms with Crippen molar-refractivity contribution < 1.29 is 13.7 Å². The van der Waals surface area contributed by atoms with Gasteiger partial charge < -0.3 is 9.84 Å². The van der Waals surface area contributed by atoms with E-state index in [0.717, 1.165) is 23.7 Å². The zero-order valence-electron chi connectivity index (χ0n) is 15.8. The van der Waals surface area contributed by atoms with Crippen molar-refractivity contribution in [1.29, 1.82) is 0 Å². The number of aromatic nitrogens is 3. The number of nitrogens with zero attached hydrogens (tertiary/aromatic N) is 3. The first-order valence-corrected chi connectivity index (χ1v) is 10.6. The summed E-state index contributed by atoms with van der Waals surface area (Å²) in [5.74, 6) is 0.847. The van der Waals surface area contributed by atoms with Crippen molar-refractivity contribution in [2.24, 2.45) is 0 Å². The molecule has 0 unspecified atom stereocenters. The van der Waals surface area contributed by atoms with Crippen molar-refractivity contribution in [3.8, 4) is 11.4 Å². The normalized spacial score (nSPS) is 13.5. The molecule has 0 spiro atoms.